The second-order valence-corrected chi connectivity index (χ2v) is 15.5. The molecule has 0 bridgehead atoms. The number of benzene rings is 2. The number of unbranched alkanes of at least 4 members (excludes halogenated alkanes) is 4. The first-order chi connectivity index (χ1) is 29.8. The summed E-state index contributed by atoms with van der Waals surface area (Å²) in [6.07, 6.45) is 4.64. The van der Waals surface area contributed by atoms with Gasteiger partial charge in [-0.25, -0.2) is 0 Å². The number of nitrogens with zero attached hydrogens (tertiary/aromatic N) is 6. The highest BCUT2D eigenvalue weighted by Gasteiger charge is 2.29. The molecule has 0 aromatic heterocycles. The zero-order chi connectivity index (χ0) is 45.7. The van der Waals surface area contributed by atoms with Crippen molar-refractivity contribution in [2.45, 2.75) is 78.3 Å². The fraction of sp³-hybridized carbons (Fsp3) is 0.578. The minimum Gasteiger partial charge on any atom is -0.334 e. The van der Waals surface area contributed by atoms with Crippen molar-refractivity contribution in [2.24, 2.45) is 22.9 Å². The van der Waals surface area contributed by atoms with Crippen LogP contribution < -0.4 is 22.9 Å². The van der Waals surface area contributed by atoms with E-state index in [0.717, 1.165) is 11.1 Å². The first-order valence-electron chi connectivity index (χ1n) is 21.8. The molecular weight excluding hydrogens is 793 g/mol. The maximum absolute atomic E-state index is 14.4. The Morgan fingerprint density at radius 3 is 0.952 bits per heavy atom. The fourth-order valence-electron chi connectivity index (χ4n) is 6.67. The Morgan fingerprint density at radius 2 is 0.645 bits per heavy atom. The molecule has 17 nitrogen and oxygen atoms in total. The van der Waals surface area contributed by atoms with Crippen LogP contribution >= 0.6 is 0 Å². The summed E-state index contributed by atoms with van der Waals surface area (Å²) >= 11 is 0. The second-order valence-electron chi connectivity index (χ2n) is 15.5. The summed E-state index contributed by atoms with van der Waals surface area (Å²) in [5.41, 5.74) is 24.5. The van der Waals surface area contributed by atoms with Crippen LogP contribution in [0.1, 0.15) is 76.3 Å². The third kappa shape index (κ3) is 21.0. The summed E-state index contributed by atoms with van der Waals surface area (Å²) in [7, 11) is 0. The summed E-state index contributed by atoms with van der Waals surface area (Å²) in [6.45, 7) is 3.78. The van der Waals surface area contributed by atoms with E-state index in [1.165, 1.54) is 43.2 Å². The molecule has 62 heavy (non-hydrogen) atoms. The van der Waals surface area contributed by atoms with Gasteiger partial charge in [0, 0.05) is 46.2 Å². The first kappa shape index (κ1) is 52.9. The molecule has 0 unspecified atom stereocenters. The van der Waals surface area contributed by atoms with Crippen molar-refractivity contribution in [2.75, 3.05) is 91.6 Å². The van der Waals surface area contributed by atoms with Crippen LogP contribution in [-0.4, -0.2) is 162 Å². The van der Waals surface area contributed by atoms with Crippen molar-refractivity contribution in [3.63, 3.8) is 0 Å². The topological polar surface area (TPSA) is 243 Å². The van der Waals surface area contributed by atoms with Gasteiger partial charge in [-0.05, 0) is 95.6 Å². The molecule has 2 aromatic carbocycles. The molecule has 344 valence electrons. The Hall–Kier alpha value is -5.23. The number of carbonyl (C=O) groups is 7. The number of hydrogen-bond acceptors (Lipinski definition) is 11. The lowest BCUT2D eigenvalue weighted by molar-refractivity contribution is -0.148. The summed E-state index contributed by atoms with van der Waals surface area (Å²) in [4.78, 5) is 103. The molecule has 2 rings (SSSR count). The van der Waals surface area contributed by atoms with Crippen LogP contribution in [0.25, 0.3) is 0 Å². The van der Waals surface area contributed by atoms with Gasteiger partial charge in [0.15, 0.2) is 0 Å². The van der Waals surface area contributed by atoms with Gasteiger partial charge >= 0.3 is 0 Å². The van der Waals surface area contributed by atoms with Crippen LogP contribution in [0.3, 0.4) is 0 Å². The van der Waals surface area contributed by atoms with E-state index in [0.29, 0.717) is 84.1 Å². The van der Waals surface area contributed by atoms with Crippen molar-refractivity contribution in [1.82, 2.24) is 29.4 Å². The van der Waals surface area contributed by atoms with E-state index in [9.17, 15) is 33.6 Å². The highest BCUT2D eigenvalue weighted by atomic mass is 16.2. The molecule has 0 fully saturated rings. The van der Waals surface area contributed by atoms with Crippen LogP contribution in [0, 0.1) is 0 Å². The monoisotopic (exact) mass is 865 g/mol. The quantitative estimate of drug-likeness (QED) is 0.0754. The van der Waals surface area contributed by atoms with Gasteiger partial charge in [-0.3, -0.25) is 33.6 Å². The predicted molar refractivity (Wildman–Crippen MR) is 240 cm³/mol. The summed E-state index contributed by atoms with van der Waals surface area (Å²) in [5, 5.41) is 0. The van der Waals surface area contributed by atoms with Gasteiger partial charge in [0.1, 0.15) is 12.3 Å². The number of Topliss-reactive ketones (excluding diaryl/α,β-unsaturated/α-hetero) is 1. The van der Waals surface area contributed by atoms with Crippen molar-refractivity contribution in [3.8, 4) is 0 Å². The number of amides is 6. The predicted octanol–water partition coefficient (Wildman–Crippen LogP) is 0.923. The van der Waals surface area contributed by atoms with Gasteiger partial charge in [0.05, 0.1) is 32.7 Å². The van der Waals surface area contributed by atoms with Crippen LogP contribution in [-0.2, 0) is 46.7 Å². The largest absolute Gasteiger partial charge is 0.334 e. The van der Waals surface area contributed by atoms with Crippen molar-refractivity contribution >= 4 is 41.2 Å². The lowest BCUT2D eigenvalue weighted by atomic mass is 10.2. The van der Waals surface area contributed by atoms with Gasteiger partial charge in [-0.1, -0.05) is 60.7 Å². The highest BCUT2D eigenvalue weighted by Crippen LogP contribution is 2.12. The lowest BCUT2D eigenvalue weighted by Gasteiger charge is -2.32. The standard InChI is InChI=1S/C45H72N10O7/c1-37(56)29-54(30-39-17-5-3-6-18-39)44(61)34-53(28-16-12-24-49)43(60)36-55(31-40-19-7-4-8-20-40)45(62)35-52(27-15-11-23-48)42(59)33-51(26-14-10-22-47)41(58)32-50(38(2)57)25-13-9-21-46/h3-8,17-20H,9-16,21-36,46-49H2,1-2H3. The summed E-state index contributed by atoms with van der Waals surface area (Å²) < 4.78 is 0. The fourth-order valence-corrected chi connectivity index (χ4v) is 6.67. The van der Waals surface area contributed by atoms with E-state index < -0.39 is 36.1 Å². The summed E-state index contributed by atoms with van der Waals surface area (Å²) in [6, 6.07) is 18.4. The Kier molecular flexibility index (Phi) is 26.2. The Labute approximate surface area is 368 Å². The summed E-state index contributed by atoms with van der Waals surface area (Å²) in [5.74, 6) is -2.77. The molecule has 0 saturated heterocycles. The lowest BCUT2D eigenvalue weighted by Crippen LogP contribution is -2.51. The first-order valence-corrected chi connectivity index (χ1v) is 21.8. The van der Waals surface area contributed by atoms with Crippen LogP contribution in [0.15, 0.2) is 60.7 Å². The average Bonchev–Trinajstić information content (AvgIpc) is 3.25. The number of carbonyl (C=O) groups excluding carboxylic acids is 7. The molecular formula is C45H72N10O7. The molecule has 6 amide bonds. The third-order valence-corrected chi connectivity index (χ3v) is 10.2. The van der Waals surface area contributed by atoms with E-state index in [4.69, 9.17) is 22.9 Å². The van der Waals surface area contributed by atoms with Gasteiger partial charge in [0.2, 0.25) is 35.4 Å². The maximum Gasteiger partial charge on any atom is 0.242 e. The van der Waals surface area contributed by atoms with Crippen molar-refractivity contribution in [1.29, 1.82) is 0 Å². The average molecular weight is 865 g/mol. The van der Waals surface area contributed by atoms with E-state index in [1.807, 2.05) is 60.7 Å². The van der Waals surface area contributed by atoms with Crippen LogP contribution in [0.4, 0.5) is 0 Å². The van der Waals surface area contributed by atoms with E-state index in [1.54, 1.807) is 0 Å². The molecule has 0 aliphatic carbocycles. The molecule has 17 heteroatoms. The van der Waals surface area contributed by atoms with Gasteiger partial charge < -0.3 is 52.3 Å². The molecule has 8 N–H and O–H groups in total. The number of nitrogens with two attached hydrogens (primary N) is 4. The van der Waals surface area contributed by atoms with Gasteiger partial charge in [0.25, 0.3) is 0 Å². The number of ketones is 1. The maximum atomic E-state index is 14.4. The second kappa shape index (κ2) is 30.7. The van der Waals surface area contributed by atoms with Crippen LogP contribution in [0.5, 0.6) is 0 Å². The Bertz CT molecular complexity index is 1670. The SMILES string of the molecule is CC(=O)CN(Cc1ccccc1)C(=O)CN(CCCCN)C(=O)CN(Cc1ccccc1)C(=O)CN(CCCCN)C(=O)CN(CCCCN)C(=O)CN(CCCCN)C(C)=O. The van der Waals surface area contributed by atoms with Crippen LogP contribution in [0.2, 0.25) is 0 Å². The molecule has 0 radical (unpaired) electrons. The Morgan fingerprint density at radius 1 is 0.371 bits per heavy atom. The number of rotatable bonds is 32. The Balaban J connectivity index is 2.41. The van der Waals surface area contributed by atoms with Gasteiger partial charge in [-0.15, -0.1) is 0 Å². The van der Waals surface area contributed by atoms with E-state index >= 15 is 0 Å². The zero-order valence-corrected chi connectivity index (χ0v) is 37.1. The van der Waals surface area contributed by atoms with E-state index in [-0.39, 0.29) is 77.1 Å². The van der Waals surface area contributed by atoms with Crippen molar-refractivity contribution in [3.05, 3.63) is 71.8 Å². The minimum atomic E-state index is -0.512. The molecule has 0 atom stereocenters. The molecule has 0 spiro atoms. The molecule has 0 saturated carbocycles. The molecule has 0 aliphatic rings. The normalized spacial score (nSPS) is 10.8. The van der Waals surface area contributed by atoms with Gasteiger partial charge in [-0.2, -0.15) is 0 Å². The van der Waals surface area contributed by atoms with E-state index in [2.05, 4.69) is 0 Å². The highest BCUT2D eigenvalue weighted by molar-refractivity contribution is 5.92. The third-order valence-electron chi connectivity index (χ3n) is 10.2. The number of hydrogen-bond donors (Lipinski definition) is 4. The minimum absolute atomic E-state index is 0.0417. The molecule has 2 aromatic rings. The smallest absolute Gasteiger partial charge is 0.242 e. The zero-order valence-electron chi connectivity index (χ0n) is 37.1. The van der Waals surface area contributed by atoms with Crippen molar-refractivity contribution < 1.29 is 33.6 Å². The molecule has 0 heterocycles. The molecule has 0 aliphatic heterocycles.